The van der Waals surface area contributed by atoms with Crippen molar-refractivity contribution in [3.05, 3.63) is 48.3 Å². The number of hydrogen-bond acceptors (Lipinski definition) is 3. The molecule has 0 aliphatic carbocycles. The van der Waals surface area contributed by atoms with Crippen molar-refractivity contribution >= 4 is 5.69 Å². The van der Waals surface area contributed by atoms with E-state index in [1.807, 2.05) is 16.9 Å². The smallest absolute Gasteiger partial charge is 0.0843 e. The van der Waals surface area contributed by atoms with E-state index in [-0.39, 0.29) is 6.04 Å². The number of nitrogen functional groups attached to an aromatic ring is 1. The standard InChI is InChI=1S/C13H15N3O/c14-11-6-15-16(7-11)13-9-17-8-12(13)10-4-2-1-3-5-10/h1-7,12-13H,8-9,14H2/t12-,13+/m0/s1. The van der Waals surface area contributed by atoms with Crippen LogP contribution in [0, 0.1) is 0 Å². The molecule has 3 rings (SSSR count). The van der Waals surface area contributed by atoms with Crippen molar-refractivity contribution in [1.82, 2.24) is 9.78 Å². The number of benzene rings is 1. The molecule has 4 nitrogen and oxygen atoms in total. The molecule has 1 aliphatic heterocycles. The normalized spacial score (nSPS) is 24.0. The number of ether oxygens (including phenoxy) is 1. The molecule has 0 spiro atoms. The number of hydrogen-bond donors (Lipinski definition) is 1. The van der Waals surface area contributed by atoms with Gasteiger partial charge in [-0.15, -0.1) is 0 Å². The van der Waals surface area contributed by atoms with Crippen LogP contribution in [0.4, 0.5) is 5.69 Å². The lowest BCUT2D eigenvalue weighted by Gasteiger charge is -2.18. The summed E-state index contributed by atoms with van der Waals surface area (Å²) in [5.41, 5.74) is 7.70. The molecular formula is C13H15N3O. The molecular weight excluding hydrogens is 214 g/mol. The van der Waals surface area contributed by atoms with Gasteiger partial charge >= 0.3 is 0 Å². The van der Waals surface area contributed by atoms with Crippen LogP contribution in [-0.4, -0.2) is 23.0 Å². The summed E-state index contributed by atoms with van der Waals surface area (Å²) in [6.07, 6.45) is 3.55. The average Bonchev–Trinajstić information content (AvgIpc) is 2.98. The molecule has 0 bridgehead atoms. The molecule has 88 valence electrons. The molecule has 2 aromatic rings. The first-order chi connectivity index (χ1) is 8.34. The Kier molecular flexibility index (Phi) is 2.57. The van der Waals surface area contributed by atoms with E-state index >= 15 is 0 Å². The lowest BCUT2D eigenvalue weighted by atomic mass is 9.94. The molecule has 1 aromatic heterocycles. The first kappa shape index (κ1) is 10.4. The molecule has 4 heteroatoms. The van der Waals surface area contributed by atoms with E-state index in [0.29, 0.717) is 18.2 Å². The molecule has 17 heavy (non-hydrogen) atoms. The van der Waals surface area contributed by atoms with Crippen LogP contribution in [0.3, 0.4) is 0 Å². The van der Waals surface area contributed by atoms with Crippen molar-refractivity contribution in [2.75, 3.05) is 18.9 Å². The summed E-state index contributed by atoms with van der Waals surface area (Å²) in [6.45, 7) is 1.44. The van der Waals surface area contributed by atoms with Gasteiger partial charge in [-0.3, -0.25) is 4.68 Å². The third-order valence-corrected chi connectivity index (χ3v) is 3.24. The van der Waals surface area contributed by atoms with Crippen LogP contribution >= 0.6 is 0 Å². The summed E-state index contributed by atoms with van der Waals surface area (Å²) < 4.78 is 7.50. The van der Waals surface area contributed by atoms with Crippen LogP contribution in [0.2, 0.25) is 0 Å². The Morgan fingerprint density at radius 3 is 2.76 bits per heavy atom. The van der Waals surface area contributed by atoms with Crippen LogP contribution in [-0.2, 0) is 4.74 Å². The third kappa shape index (κ3) is 1.91. The molecule has 2 N–H and O–H groups in total. The molecule has 0 saturated carbocycles. The lowest BCUT2D eigenvalue weighted by molar-refractivity contribution is 0.183. The summed E-state index contributed by atoms with van der Waals surface area (Å²) in [6, 6.07) is 10.7. The van der Waals surface area contributed by atoms with Crippen LogP contribution in [0.15, 0.2) is 42.7 Å². The SMILES string of the molecule is Nc1cnn([C@@H]2COC[C@H]2c2ccccc2)c1. The van der Waals surface area contributed by atoms with E-state index in [1.54, 1.807) is 6.20 Å². The fraction of sp³-hybridized carbons (Fsp3) is 0.308. The van der Waals surface area contributed by atoms with Gasteiger partial charge in [-0.2, -0.15) is 5.10 Å². The van der Waals surface area contributed by atoms with Crippen LogP contribution in [0.1, 0.15) is 17.5 Å². The minimum Gasteiger partial charge on any atom is -0.396 e. The van der Waals surface area contributed by atoms with Crippen molar-refractivity contribution in [3.63, 3.8) is 0 Å². The molecule has 1 fully saturated rings. The molecule has 2 heterocycles. The second-order valence-electron chi connectivity index (χ2n) is 4.38. The first-order valence-electron chi connectivity index (χ1n) is 5.77. The molecule has 0 amide bonds. The number of anilines is 1. The Bertz CT molecular complexity index is 494. The highest BCUT2D eigenvalue weighted by atomic mass is 16.5. The maximum atomic E-state index is 5.71. The predicted molar refractivity (Wildman–Crippen MR) is 65.7 cm³/mol. The van der Waals surface area contributed by atoms with Gasteiger partial charge in [0.2, 0.25) is 0 Å². The zero-order valence-electron chi connectivity index (χ0n) is 9.49. The van der Waals surface area contributed by atoms with Gasteiger partial charge in [0.05, 0.1) is 31.1 Å². The quantitative estimate of drug-likeness (QED) is 0.854. The predicted octanol–water partition coefficient (Wildman–Crippen LogP) is 1.82. The van der Waals surface area contributed by atoms with Gasteiger partial charge in [-0.25, -0.2) is 0 Å². The minimum atomic E-state index is 0.245. The van der Waals surface area contributed by atoms with Gasteiger partial charge in [0, 0.05) is 12.1 Å². The van der Waals surface area contributed by atoms with Gasteiger partial charge in [0.1, 0.15) is 0 Å². The molecule has 2 atom stereocenters. The van der Waals surface area contributed by atoms with Crippen molar-refractivity contribution < 1.29 is 4.74 Å². The highest BCUT2D eigenvalue weighted by Gasteiger charge is 2.31. The maximum absolute atomic E-state index is 5.71. The van der Waals surface area contributed by atoms with E-state index in [1.165, 1.54) is 5.56 Å². The molecule has 0 radical (unpaired) electrons. The van der Waals surface area contributed by atoms with Gasteiger partial charge in [-0.05, 0) is 5.56 Å². The first-order valence-corrected chi connectivity index (χ1v) is 5.77. The summed E-state index contributed by atoms with van der Waals surface area (Å²) >= 11 is 0. The van der Waals surface area contributed by atoms with Crippen molar-refractivity contribution in [2.24, 2.45) is 0 Å². The Hall–Kier alpha value is -1.81. The summed E-state index contributed by atoms with van der Waals surface area (Å²) in [5.74, 6) is 0.357. The average molecular weight is 229 g/mol. The lowest BCUT2D eigenvalue weighted by Crippen LogP contribution is -2.16. The van der Waals surface area contributed by atoms with E-state index in [9.17, 15) is 0 Å². The Morgan fingerprint density at radius 2 is 2.06 bits per heavy atom. The van der Waals surface area contributed by atoms with Crippen molar-refractivity contribution in [1.29, 1.82) is 0 Å². The Labute approximate surface area is 100 Å². The van der Waals surface area contributed by atoms with Crippen molar-refractivity contribution in [2.45, 2.75) is 12.0 Å². The highest BCUT2D eigenvalue weighted by molar-refractivity contribution is 5.31. The zero-order valence-corrected chi connectivity index (χ0v) is 9.49. The Balaban J connectivity index is 1.90. The fourth-order valence-electron chi connectivity index (χ4n) is 2.36. The summed E-state index contributed by atoms with van der Waals surface area (Å²) in [4.78, 5) is 0. The van der Waals surface area contributed by atoms with E-state index in [0.717, 1.165) is 6.61 Å². The van der Waals surface area contributed by atoms with E-state index in [4.69, 9.17) is 10.5 Å². The van der Waals surface area contributed by atoms with Crippen LogP contribution in [0.5, 0.6) is 0 Å². The second kappa shape index (κ2) is 4.22. The summed E-state index contributed by atoms with van der Waals surface area (Å²) in [5, 5.41) is 4.29. The second-order valence-corrected chi connectivity index (χ2v) is 4.38. The number of aromatic nitrogens is 2. The van der Waals surface area contributed by atoms with Gasteiger partial charge in [0.15, 0.2) is 0 Å². The summed E-state index contributed by atoms with van der Waals surface area (Å²) in [7, 11) is 0. The molecule has 1 saturated heterocycles. The highest BCUT2D eigenvalue weighted by Crippen LogP contribution is 2.34. The minimum absolute atomic E-state index is 0.245. The van der Waals surface area contributed by atoms with Crippen LogP contribution in [0.25, 0.3) is 0 Å². The van der Waals surface area contributed by atoms with E-state index < -0.39 is 0 Å². The maximum Gasteiger partial charge on any atom is 0.0843 e. The van der Waals surface area contributed by atoms with E-state index in [2.05, 4.69) is 29.4 Å². The molecule has 1 aromatic carbocycles. The fourth-order valence-corrected chi connectivity index (χ4v) is 2.36. The number of nitrogens with zero attached hydrogens (tertiary/aromatic N) is 2. The largest absolute Gasteiger partial charge is 0.396 e. The van der Waals surface area contributed by atoms with Gasteiger partial charge in [0.25, 0.3) is 0 Å². The molecule has 0 unspecified atom stereocenters. The van der Waals surface area contributed by atoms with Crippen LogP contribution < -0.4 is 5.73 Å². The number of nitrogens with two attached hydrogens (primary N) is 1. The monoisotopic (exact) mass is 229 g/mol. The van der Waals surface area contributed by atoms with Crippen molar-refractivity contribution in [3.8, 4) is 0 Å². The Morgan fingerprint density at radius 1 is 1.24 bits per heavy atom. The third-order valence-electron chi connectivity index (χ3n) is 3.24. The molecule has 1 aliphatic rings. The van der Waals surface area contributed by atoms with Gasteiger partial charge in [-0.1, -0.05) is 30.3 Å². The zero-order chi connectivity index (χ0) is 11.7. The van der Waals surface area contributed by atoms with Gasteiger partial charge < -0.3 is 10.5 Å². The topological polar surface area (TPSA) is 53.1 Å². The number of rotatable bonds is 2.